The van der Waals surface area contributed by atoms with Gasteiger partial charge in [0, 0.05) is 17.6 Å². The van der Waals surface area contributed by atoms with E-state index < -0.39 is 5.82 Å². The fraction of sp³-hybridized carbons (Fsp3) is 0.0625. The summed E-state index contributed by atoms with van der Waals surface area (Å²) < 4.78 is 15.5. The van der Waals surface area contributed by atoms with Crippen molar-refractivity contribution in [2.75, 3.05) is 0 Å². The summed E-state index contributed by atoms with van der Waals surface area (Å²) in [6.07, 6.45) is 0. The number of hydrogen-bond donors (Lipinski definition) is 1. The second kappa shape index (κ2) is 6.59. The highest BCUT2D eigenvalue weighted by molar-refractivity contribution is 6.33. The van der Waals surface area contributed by atoms with Gasteiger partial charge in [-0.1, -0.05) is 46.6 Å². The summed E-state index contributed by atoms with van der Waals surface area (Å²) in [6, 6.07) is 11.0. The summed E-state index contributed by atoms with van der Waals surface area (Å²) in [4.78, 5) is 4.28. The number of oxime groups is 1. The fourth-order valence-corrected chi connectivity index (χ4v) is 2.62. The molecule has 0 unspecified atom stereocenters. The highest BCUT2D eigenvalue weighted by Gasteiger charge is 2.20. The SMILES string of the molecule is Cn1nc(-c2c(F)cccc2Cl)nc1C(=NO)c1ccc(Cl)cc1. The van der Waals surface area contributed by atoms with Gasteiger partial charge >= 0.3 is 0 Å². The molecule has 3 aromatic rings. The van der Waals surface area contributed by atoms with Crippen molar-refractivity contribution in [1.82, 2.24) is 14.8 Å². The number of rotatable bonds is 3. The third-order valence-electron chi connectivity index (χ3n) is 3.38. The highest BCUT2D eigenvalue weighted by Crippen LogP contribution is 2.28. The van der Waals surface area contributed by atoms with Crippen molar-refractivity contribution < 1.29 is 9.60 Å². The molecule has 5 nitrogen and oxygen atoms in total. The summed E-state index contributed by atoms with van der Waals surface area (Å²) in [5.41, 5.74) is 0.860. The van der Waals surface area contributed by atoms with Crippen molar-refractivity contribution >= 4 is 28.9 Å². The quantitative estimate of drug-likeness (QED) is 0.431. The van der Waals surface area contributed by atoms with Crippen molar-refractivity contribution in [1.29, 1.82) is 0 Å². The van der Waals surface area contributed by atoms with Gasteiger partial charge in [-0.3, -0.25) is 0 Å². The maximum absolute atomic E-state index is 14.1. The van der Waals surface area contributed by atoms with Crippen LogP contribution < -0.4 is 0 Å². The molecule has 0 amide bonds. The van der Waals surface area contributed by atoms with Crippen LogP contribution in [-0.2, 0) is 7.05 Å². The average molecular weight is 365 g/mol. The molecule has 1 aromatic heterocycles. The Morgan fingerprint density at radius 2 is 1.88 bits per heavy atom. The lowest BCUT2D eigenvalue weighted by molar-refractivity contribution is 0.319. The molecule has 2 aromatic carbocycles. The minimum absolute atomic E-state index is 0.0920. The average Bonchev–Trinajstić information content (AvgIpc) is 2.91. The molecule has 1 N–H and O–H groups in total. The predicted molar refractivity (Wildman–Crippen MR) is 90.3 cm³/mol. The van der Waals surface area contributed by atoms with Crippen LogP contribution in [0.2, 0.25) is 10.0 Å². The zero-order valence-corrected chi connectivity index (χ0v) is 13.9. The van der Waals surface area contributed by atoms with Gasteiger partial charge in [0.1, 0.15) is 5.82 Å². The van der Waals surface area contributed by atoms with Crippen LogP contribution in [0, 0.1) is 5.82 Å². The van der Waals surface area contributed by atoms with E-state index in [1.165, 1.54) is 16.8 Å². The largest absolute Gasteiger partial charge is 0.410 e. The van der Waals surface area contributed by atoms with Crippen LogP contribution in [0.4, 0.5) is 4.39 Å². The van der Waals surface area contributed by atoms with E-state index in [1.807, 2.05) is 0 Å². The molecule has 0 saturated carbocycles. The topological polar surface area (TPSA) is 63.3 Å². The number of nitrogens with zero attached hydrogens (tertiary/aromatic N) is 4. The lowest BCUT2D eigenvalue weighted by Gasteiger charge is -2.03. The van der Waals surface area contributed by atoms with Crippen molar-refractivity contribution in [3.63, 3.8) is 0 Å². The molecular weight excluding hydrogens is 354 g/mol. The molecule has 3 rings (SSSR count). The molecule has 0 radical (unpaired) electrons. The van der Waals surface area contributed by atoms with Gasteiger partial charge in [-0.05, 0) is 24.3 Å². The minimum Gasteiger partial charge on any atom is -0.410 e. The fourth-order valence-electron chi connectivity index (χ4n) is 2.25. The molecule has 0 fully saturated rings. The first-order valence-electron chi connectivity index (χ1n) is 6.85. The molecule has 122 valence electrons. The van der Waals surface area contributed by atoms with Gasteiger partial charge in [0.2, 0.25) is 0 Å². The summed E-state index contributed by atoms with van der Waals surface area (Å²) in [7, 11) is 1.61. The van der Waals surface area contributed by atoms with E-state index in [4.69, 9.17) is 23.2 Å². The van der Waals surface area contributed by atoms with E-state index in [9.17, 15) is 9.60 Å². The lowest BCUT2D eigenvalue weighted by Crippen LogP contribution is -2.11. The first-order chi connectivity index (χ1) is 11.5. The number of hydrogen-bond acceptors (Lipinski definition) is 4. The van der Waals surface area contributed by atoms with E-state index in [0.29, 0.717) is 10.6 Å². The smallest absolute Gasteiger partial charge is 0.186 e. The van der Waals surface area contributed by atoms with Gasteiger partial charge in [0.15, 0.2) is 17.4 Å². The Bertz CT molecular complexity index is 902. The summed E-state index contributed by atoms with van der Waals surface area (Å²) in [5.74, 6) is -0.173. The van der Waals surface area contributed by atoms with Gasteiger partial charge in [0.25, 0.3) is 0 Å². The van der Waals surface area contributed by atoms with Crippen molar-refractivity contribution in [2.45, 2.75) is 0 Å². The van der Waals surface area contributed by atoms with Crippen molar-refractivity contribution in [2.24, 2.45) is 12.2 Å². The molecule has 0 saturated heterocycles. The van der Waals surface area contributed by atoms with Gasteiger partial charge in [0.05, 0.1) is 10.6 Å². The zero-order valence-electron chi connectivity index (χ0n) is 12.4. The van der Waals surface area contributed by atoms with Crippen molar-refractivity contribution in [3.05, 3.63) is 69.7 Å². The molecule has 0 aliphatic heterocycles. The molecule has 0 atom stereocenters. The second-order valence-electron chi connectivity index (χ2n) is 4.93. The third-order valence-corrected chi connectivity index (χ3v) is 3.95. The molecule has 0 spiro atoms. The Hall–Kier alpha value is -2.44. The molecule has 1 heterocycles. The molecule has 8 heteroatoms. The van der Waals surface area contributed by atoms with E-state index in [0.717, 1.165) is 0 Å². The van der Waals surface area contributed by atoms with E-state index in [1.54, 1.807) is 37.4 Å². The van der Waals surface area contributed by atoms with Crippen LogP contribution in [0.25, 0.3) is 11.4 Å². The second-order valence-corrected chi connectivity index (χ2v) is 5.78. The van der Waals surface area contributed by atoms with Gasteiger partial charge in [-0.15, -0.1) is 0 Å². The summed E-state index contributed by atoms with van der Waals surface area (Å²) >= 11 is 11.9. The Morgan fingerprint density at radius 3 is 2.50 bits per heavy atom. The van der Waals surface area contributed by atoms with Crippen LogP contribution in [0.5, 0.6) is 0 Å². The first kappa shape index (κ1) is 16.4. The maximum Gasteiger partial charge on any atom is 0.186 e. The monoisotopic (exact) mass is 364 g/mol. The van der Waals surface area contributed by atoms with Gasteiger partial charge in [-0.25, -0.2) is 14.1 Å². The highest BCUT2D eigenvalue weighted by atomic mass is 35.5. The zero-order chi connectivity index (χ0) is 17.3. The number of aromatic nitrogens is 3. The lowest BCUT2D eigenvalue weighted by atomic mass is 10.1. The normalized spacial score (nSPS) is 11.8. The minimum atomic E-state index is -0.534. The Labute approximate surface area is 147 Å². The molecule has 0 bridgehead atoms. The third kappa shape index (κ3) is 2.98. The van der Waals surface area contributed by atoms with Crippen molar-refractivity contribution in [3.8, 4) is 11.4 Å². The van der Waals surface area contributed by atoms with E-state index in [-0.39, 0.29) is 27.9 Å². The van der Waals surface area contributed by atoms with E-state index in [2.05, 4.69) is 15.2 Å². The van der Waals surface area contributed by atoms with Crippen LogP contribution in [-0.4, -0.2) is 25.7 Å². The van der Waals surface area contributed by atoms with Crippen LogP contribution >= 0.6 is 23.2 Å². The standard InChI is InChI=1S/C16H11Cl2FN4O/c1-23-16(14(22-24)9-5-7-10(17)8-6-9)20-15(21-23)13-11(18)3-2-4-12(13)19/h2-8,24H,1H3. The number of aryl methyl sites for hydroxylation is 1. The van der Waals surface area contributed by atoms with Crippen LogP contribution in [0.1, 0.15) is 11.4 Å². The molecule has 0 aliphatic rings. The maximum atomic E-state index is 14.1. The van der Waals surface area contributed by atoms with Gasteiger partial charge < -0.3 is 5.21 Å². The molecule has 24 heavy (non-hydrogen) atoms. The summed E-state index contributed by atoms with van der Waals surface area (Å²) in [5, 5.41) is 17.6. The summed E-state index contributed by atoms with van der Waals surface area (Å²) in [6.45, 7) is 0. The van der Waals surface area contributed by atoms with Crippen LogP contribution in [0.3, 0.4) is 0 Å². The Kier molecular flexibility index (Phi) is 4.51. The first-order valence-corrected chi connectivity index (χ1v) is 7.60. The van der Waals surface area contributed by atoms with Gasteiger partial charge in [-0.2, -0.15) is 5.10 Å². The molecular formula is C16H11Cl2FN4O. The number of benzene rings is 2. The molecule has 0 aliphatic carbocycles. The Morgan fingerprint density at radius 1 is 1.17 bits per heavy atom. The Balaban J connectivity index is 2.10. The number of halogens is 3. The van der Waals surface area contributed by atoms with E-state index >= 15 is 0 Å². The van der Waals surface area contributed by atoms with Crippen LogP contribution in [0.15, 0.2) is 47.6 Å². The predicted octanol–water partition coefficient (Wildman–Crippen LogP) is 4.15.